The van der Waals surface area contributed by atoms with Crippen LogP contribution in [0.15, 0.2) is 24.3 Å². The molecule has 0 aliphatic carbocycles. The fraction of sp³-hybridized carbons (Fsp3) is 0.897. The summed E-state index contributed by atoms with van der Waals surface area (Å²) in [4.78, 5) is 24.5. The molecular weight excluding hydrogens is 791 g/mol. The highest BCUT2D eigenvalue weighted by Crippen LogP contribution is 2.17. The lowest BCUT2D eigenvalue weighted by Crippen LogP contribution is -2.45. The minimum Gasteiger partial charge on any atom is -0.466 e. The molecule has 0 aromatic rings. The van der Waals surface area contributed by atoms with Crippen LogP contribution in [0.25, 0.3) is 0 Å². The van der Waals surface area contributed by atoms with Gasteiger partial charge in [-0.25, -0.2) is 0 Å². The van der Waals surface area contributed by atoms with Crippen molar-refractivity contribution in [3.8, 4) is 0 Å². The van der Waals surface area contributed by atoms with E-state index in [0.29, 0.717) is 25.9 Å². The first-order chi connectivity index (χ1) is 31.5. The van der Waals surface area contributed by atoms with E-state index < -0.39 is 12.1 Å². The lowest BCUT2D eigenvalue weighted by Gasteiger charge is -2.22. The van der Waals surface area contributed by atoms with E-state index in [0.717, 1.165) is 77.0 Å². The van der Waals surface area contributed by atoms with Gasteiger partial charge in [-0.3, -0.25) is 9.59 Å². The molecule has 0 bridgehead atoms. The highest BCUT2D eigenvalue weighted by Gasteiger charge is 2.20. The number of nitrogens with one attached hydrogen (secondary N) is 1. The van der Waals surface area contributed by atoms with Gasteiger partial charge in [-0.2, -0.15) is 0 Å². The number of aliphatic hydroxyl groups excluding tert-OH is 2. The van der Waals surface area contributed by atoms with Crippen molar-refractivity contribution < 1.29 is 24.5 Å². The molecule has 0 aliphatic rings. The molecule has 0 saturated heterocycles. The largest absolute Gasteiger partial charge is 0.466 e. The minimum atomic E-state index is -0.681. The van der Waals surface area contributed by atoms with Crippen molar-refractivity contribution in [3.05, 3.63) is 24.3 Å². The summed E-state index contributed by atoms with van der Waals surface area (Å²) in [5.41, 5.74) is 0. The molecule has 378 valence electrons. The minimum absolute atomic E-state index is 0.0307. The van der Waals surface area contributed by atoms with Gasteiger partial charge in [0.15, 0.2) is 0 Å². The zero-order valence-electron chi connectivity index (χ0n) is 43.0. The van der Waals surface area contributed by atoms with Gasteiger partial charge in [-0.1, -0.05) is 237 Å². The zero-order chi connectivity index (χ0) is 46.5. The van der Waals surface area contributed by atoms with Crippen LogP contribution in [-0.4, -0.2) is 47.4 Å². The first-order valence-electron chi connectivity index (χ1n) is 28.6. The van der Waals surface area contributed by atoms with Crippen molar-refractivity contribution in [2.24, 2.45) is 0 Å². The summed E-state index contributed by atoms with van der Waals surface area (Å²) in [6.45, 7) is 4.90. The Morgan fingerprint density at radius 3 is 1.11 bits per heavy atom. The van der Waals surface area contributed by atoms with E-state index in [4.69, 9.17) is 4.74 Å². The number of rotatable bonds is 53. The van der Waals surface area contributed by atoms with Gasteiger partial charge in [0.1, 0.15) is 0 Å². The number of aliphatic hydroxyl groups is 2. The predicted molar refractivity (Wildman–Crippen MR) is 278 cm³/mol. The van der Waals surface area contributed by atoms with E-state index in [1.165, 1.54) is 199 Å². The van der Waals surface area contributed by atoms with Crippen molar-refractivity contribution in [2.45, 2.75) is 321 Å². The standard InChI is InChI=1S/C58H111NO5/c1-3-5-7-9-11-13-15-17-19-20-21-22-23-24-25-26-30-34-38-42-46-50-56(61)55(54-60)59-57(62)51-47-43-39-35-31-28-29-33-37-41-45-49-53-64-58(63)52-48-44-40-36-32-27-18-16-14-12-10-8-6-4-2/h16,18,29,33,55-56,60-61H,3-15,17,19-28,30-32,34-54H2,1-2H3,(H,59,62)/b18-16-,33-29-. The second kappa shape index (κ2) is 54.0. The normalized spacial score (nSPS) is 12.8. The lowest BCUT2D eigenvalue weighted by molar-refractivity contribution is -0.143. The fourth-order valence-corrected chi connectivity index (χ4v) is 8.81. The monoisotopic (exact) mass is 902 g/mol. The third-order valence-electron chi connectivity index (χ3n) is 13.2. The van der Waals surface area contributed by atoms with Crippen LogP contribution in [-0.2, 0) is 14.3 Å². The number of allylic oxidation sites excluding steroid dienone is 4. The van der Waals surface area contributed by atoms with Gasteiger partial charge in [0.05, 0.1) is 25.4 Å². The molecule has 64 heavy (non-hydrogen) atoms. The van der Waals surface area contributed by atoms with E-state index in [1.807, 2.05) is 0 Å². The molecule has 2 atom stereocenters. The average Bonchev–Trinajstić information content (AvgIpc) is 3.29. The molecular formula is C58H111NO5. The van der Waals surface area contributed by atoms with E-state index in [9.17, 15) is 19.8 Å². The van der Waals surface area contributed by atoms with Crippen LogP contribution in [0.3, 0.4) is 0 Å². The van der Waals surface area contributed by atoms with Crippen molar-refractivity contribution in [2.75, 3.05) is 13.2 Å². The van der Waals surface area contributed by atoms with Gasteiger partial charge < -0.3 is 20.3 Å². The Morgan fingerprint density at radius 2 is 0.734 bits per heavy atom. The molecule has 0 aromatic carbocycles. The van der Waals surface area contributed by atoms with Gasteiger partial charge >= 0.3 is 5.97 Å². The summed E-state index contributed by atoms with van der Waals surface area (Å²) in [6, 6.07) is -0.561. The first kappa shape index (κ1) is 62.3. The van der Waals surface area contributed by atoms with Crippen LogP contribution < -0.4 is 5.32 Å². The Labute approximate surface area is 399 Å². The smallest absolute Gasteiger partial charge is 0.305 e. The van der Waals surface area contributed by atoms with Crippen molar-refractivity contribution in [1.29, 1.82) is 0 Å². The molecule has 0 heterocycles. The zero-order valence-corrected chi connectivity index (χ0v) is 43.0. The molecule has 0 aromatic heterocycles. The number of hydrogen-bond donors (Lipinski definition) is 3. The van der Waals surface area contributed by atoms with Crippen LogP contribution in [0.1, 0.15) is 309 Å². The quantitative estimate of drug-likeness (QED) is 0.0321. The average molecular weight is 903 g/mol. The maximum absolute atomic E-state index is 12.5. The number of carbonyl (C=O) groups excluding carboxylic acids is 2. The Morgan fingerprint density at radius 1 is 0.422 bits per heavy atom. The summed E-state index contributed by atoms with van der Waals surface area (Å²) < 4.78 is 5.44. The topological polar surface area (TPSA) is 95.9 Å². The molecule has 2 unspecified atom stereocenters. The van der Waals surface area contributed by atoms with Gasteiger partial charge in [-0.05, 0) is 83.5 Å². The Bertz CT molecular complexity index is 997. The van der Waals surface area contributed by atoms with E-state index in [-0.39, 0.29) is 18.5 Å². The summed E-state index contributed by atoms with van der Waals surface area (Å²) in [7, 11) is 0. The molecule has 0 rings (SSSR count). The number of hydrogen-bond acceptors (Lipinski definition) is 5. The van der Waals surface area contributed by atoms with Crippen molar-refractivity contribution in [3.63, 3.8) is 0 Å². The Balaban J connectivity index is 3.50. The molecule has 3 N–H and O–H groups in total. The van der Waals surface area contributed by atoms with Gasteiger partial charge in [0.25, 0.3) is 0 Å². The van der Waals surface area contributed by atoms with E-state index >= 15 is 0 Å². The number of esters is 1. The number of amides is 1. The highest BCUT2D eigenvalue weighted by atomic mass is 16.5. The van der Waals surface area contributed by atoms with E-state index in [1.54, 1.807) is 0 Å². The molecule has 0 saturated carbocycles. The Hall–Kier alpha value is -1.66. The molecule has 0 radical (unpaired) electrons. The van der Waals surface area contributed by atoms with Crippen LogP contribution in [0.5, 0.6) is 0 Å². The highest BCUT2D eigenvalue weighted by molar-refractivity contribution is 5.76. The third kappa shape index (κ3) is 49.8. The van der Waals surface area contributed by atoms with Gasteiger partial charge in [0, 0.05) is 12.8 Å². The maximum Gasteiger partial charge on any atom is 0.305 e. The molecule has 1 amide bonds. The predicted octanol–water partition coefficient (Wildman–Crippen LogP) is 17.5. The van der Waals surface area contributed by atoms with Crippen LogP contribution >= 0.6 is 0 Å². The van der Waals surface area contributed by atoms with Crippen LogP contribution in [0.2, 0.25) is 0 Å². The van der Waals surface area contributed by atoms with Crippen molar-refractivity contribution in [1.82, 2.24) is 5.32 Å². The maximum atomic E-state index is 12.5. The molecule has 6 nitrogen and oxygen atoms in total. The van der Waals surface area contributed by atoms with Crippen molar-refractivity contribution >= 4 is 11.9 Å². The summed E-state index contributed by atoms with van der Waals surface area (Å²) in [5.74, 6) is -0.0894. The van der Waals surface area contributed by atoms with E-state index in [2.05, 4.69) is 43.5 Å². The van der Waals surface area contributed by atoms with Crippen LogP contribution in [0.4, 0.5) is 0 Å². The van der Waals surface area contributed by atoms with Gasteiger partial charge in [0.2, 0.25) is 5.91 Å². The lowest BCUT2D eigenvalue weighted by atomic mass is 10.0. The number of carbonyl (C=O) groups is 2. The fourth-order valence-electron chi connectivity index (χ4n) is 8.81. The molecule has 6 heteroatoms. The molecule has 0 aliphatic heterocycles. The van der Waals surface area contributed by atoms with Crippen LogP contribution in [0, 0.1) is 0 Å². The SMILES string of the molecule is CCCCCCC/C=C\CCCCCCCC(=O)OCCCCC/C=C\CCCCCCCC(=O)NC(CO)C(O)CCCCCCCCCCCCCCCCCCCCCCC. The second-order valence-corrected chi connectivity index (χ2v) is 19.6. The Kier molecular flexibility index (Phi) is 52.6. The molecule has 0 spiro atoms. The number of ether oxygens (including phenoxy) is 1. The molecule has 0 fully saturated rings. The third-order valence-corrected chi connectivity index (χ3v) is 13.2. The summed E-state index contributed by atoms with van der Waals surface area (Å²) >= 11 is 0. The number of unbranched alkanes of at least 4 members (excludes halogenated alkanes) is 38. The second-order valence-electron chi connectivity index (χ2n) is 19.6. The van der Waals surface area contributed by atoms with Gasteiger partial charge in [-0.15, -0.1) is 0 Å². The summed E-state index contributed by atoms with van der Waals surface area (Å²) in [5, 5.41) is 23.3. The summed E-state index contributed by atoms with van der Waals surface area (Å²) in [6.07, 6.45) is 64.5. The first-order valence-corrected chi connectivity index (χ1v) is 28.6.